The van der Waals surface area contributed by atoms with Gasteiger partial charge in [-0.1, -0.05) is 6.92 Å². The molecule has 62 valence electrons. The van der Waals surface area contributed by atoms with E-state index in [0.29, 0.717) is 26.1 Å². The van der Waals surface area contributed by atoms with Crippen LogP contribution in [-0.4, -0.2) is 36.8 Å². The summed E-state index contributed by atoms with van der Waals surface area (Å²) in [5.41, 5.74) is 0. The maximum atomic E-state index is 10.6. The summed E-state index contributed by atoms with van der Waals surface area (Å²) in [6.45, 7) is 3.21. The Morgan fingerprint density at radius 1 is 1.20 bits per heavy atom. The lowest BCUT2D eigenvalue weighted by molar-refractivity contribution is 0.353. The van der Waals surface area contributed by atoms with E-state index in [-0.39, 0.29) is 0 Å². The quantitative estimate of drug-likeness (QED) is 0.534. The second-order valence-corrected chi connectivity index (χ2v) is 2.23. The average Bonchev–Trinajstić information content (AvgIpc) is 1.87. The highest BCUT2D eigenvalue weighted by Crippen LogP contribution is 1.89. The molecule has 4 heteroatoms. The van der Waals surface area contributed by atoms with Crippen LogP contribution in [0.25, 0.3) is 0 Å². The summed E-state index contributed by atoms with van der Waals surface area (Å²) in [6, 6.07) is 0. The van der Waals surface area contributed by atoms with Crippen molar-refractivity contribution in [2.24, 2.45) is 0 Å². The standard InChI is InChI=1S/C6H14N2O2/c1-3-8(10)6-4-5-7(2)9/h3-6H2,1-2H3/q-2. The van der Waals surface area contributed by atoms with Gasteiger partial charge in [0, 0.05) is 0 Å². The van der Waals surface area contributed by atoms with E-state index in [1.165, 1.54) is 7.05 Å². The molecule has 0 saturated heterocycles. The van der Waals surface area contributed by atoms with Gasteiger partial charge in [0.1, 0.15) is 0 Å². The van der Waals surface area contributed by atoms with Crippen LogP contribution in [-0.2, 0) is 0 Å². The molecule has 0 fully saturated rings. The van der Waals surface area contributed by atoms with Crippen molar-refractivity contribution in [1.82, 2.24) is 10.1 Å². The Labute approximate surface area is 61.6 Å². The van der Waals surface area contributed by atoms with Gasteiger partial charge in [0.15, 0.2) is 0 Å². The minimum atomic E-state index is 0.443. The predicted molar refractivity (Wildman–Crippen MR) is 41.2 cm³/mol. The van der Waals surface area contributed by atoms with Crippen molar-refractivity contribution in [3.05, 3.63) is 10.4 Å². The highest BCUT2D eigenvalue weighted by molar-refractivity contribution is 4.56. The third-order valence-corrected chi connectivity index (χ3v) is 1.23. The van der Waals surface area contributed by atoms with E-state index in [1.54, 1.807) is 6.92 Å². The van der Waals surface area contributed by atoms with Gasteiger partial charge < -0.3 is 20.5 Å². The molecule has 0 heterocycles. The van der Waals surface area contributed by atoms with Gasteiger partial charge >= 0.3 is 0 Å². The Morgan fingerprint density at radius 2 is 1.80 bits per heavy atom. The second-order valence-electron chi connectivity index (χ2n) is 2.23. The maximum Gasteiger partial charge on any atom is -0.0133 e. The van der Waals surface area contributed by atoms with Crippen molar-refractivity contribution in [2.45, 2.75) is 13.3 Å². The van der Waals surface area contributed by atoms with Crippen molar-refractivity contribution in [3.63, 3.8) is 0 Å². The topological polar surface area (TPSA) is 52.6 Å². The Balaban J connectivity index is 3.03. The van der Waals surface area contributed by atoms with Crippen LogP contribution >= 0.6 is 0 Å². The van der Waals surface area contributed by atoms with Crippen LogP contribution in [0.5, 0.6) is 0 Å². The Kier molecular flexibility index (Phi) is 5.52. The normalized spacial score (nSPS) is 11.4. The zero-order chi connectivity index (χ0) is 7.98. The first-order chi connectivity index (χ1) is 4.66. The first kappa shape index (κ1) is 9.84. The second kappa shape index (κ2) is 5.61. The molecule has 0 unspecified atom stereocenters. The summed E-state index contributed by atoms with van der Waals surface area (Å²) in [4.78, 5) is 0. The number of hydroxylamine groups is 4. The highest BCUT2D eigenvalue weighted by Gasteiger charge is 1.87. The third-order valence-electron chi connectivity index (χ3n) is 1.23. The fourth-order valence-corrected chi connectivity index (χ4v) is 0.628. The molecule has 0 saturated carbocycles. The molecule has 10 heavy (non-hydrogen) atoms. The zero-order valence-electron chi connectivity index (χ0n) is 6.54. The summed E-state index contributed by atoms with van der Waals surface area (Å²) in [5.74, 6) is 0. The van der Waals surface area contributed by atoms with Crippen LogP contribution in [0, 0.1) is 10.4 Å². The summed E-state index contributed by atoms with van der Waals surface area (Å²) in [7, 11) is 1.46. The molecule has 0 spiro atoms. The van der Waals surface area contributed by atoms with Crippen LogP contribution in [0.1, 0.15) is 13.3 Å². The van der Waals surface area contributed by atoms with Crippen molar-refractivity contribution in [1.29, 1.82) is 0 Å². The summed E-state index contributed by atoms with van der Waals surface area (Å²) < 4.78 is 0. The molecule has 4 nitrogen and oxygen atoms in total. The highest BCUT2D eigenvalue weighted by atomic mass is 16.5. The molecule has 0 rings (SSSR count). The monoisotopic (exact) mass is 146 g/mol. The first-order valence-electron chi connectivity index (χ1n) is 3.47. The van der Waals surface area contributed by atoms with Crippen LogP contribution in [0.4, 0.5) is 0 Å². The molecule has 0 aliphatic rings. The number of hydrogen-bond donors (Lipinski definition) is 0. The van der Waals surface area contributed by atoms with Crippen LogP contribution in [0.15, 0.2) is 0 Å². The summed E-state index contributed by atoms with van der Waals surface area (Å²) in [5, 5.41) is 22.7. The van der Waals surface area contributed by atoms with E-state index in [2.05, 4.69) is 0 Å². The molecule has 0 aromatic rings. The fraction of sp³-hybridized carbons (Fsp3) is 1.00. The maximum absolute atomic E-state index is 10.6. The molecule has 0 atom stereocenters. The largest absolute Gasteiger partial charge is 0.785 e. The number of nitrogens with zero attached hydrogens (tertiary/aromatic N) is 2. The molecule has 0 radical (unpaired) electrons. The van der Waals surface area contributed by atoms with Crippen LogP contribution in [0.2, 0.25) is 0 Å². The first-order valence-corrected chi connectivity index (χ1v) is 3.47. The van der Waals surface area contributed by atoms with Gasteiger partial charge in [-0.25, -0.2) is 0 Å². The molecule has 0 amide bonds. The van der Waals surface area contributed by atoms with Gasteiger partial charge in [-0.3, -0.25) is 0 Å². The van der Waals surface area contributed by atoms with Gasteiger partial charge in [0.2, 0.25) is 0 Å². The van der Waals surface area contributed by atoms with Gasteiger partial charge in [-0.15, -0.1) is 0 Å². The van der Waals surface area contributed by atoms with Gasteiger partial charge in [0.25, 0.3) is 0 Å². The molecule has 0 aliphatic heterocycles. The van der Waals surface area contributed by atoms with E-state index >= 15 is 0 Å². The van der Waals surface area contributed by atoms with Crippen molar-refractivity contribution < 1.29 is 0 Å². The number of rotatable bonds is 5. The van der Waals surface area contributed by atoms with Crippen molar-refractivity contribution >= 4 is 0 Å². The lowest BCUT2D eigenvalue weighted by Crippen LogP contribution is -2.21. The average molecular weight is 146 g/mol. The van der Waals surface area contributed by atoms with Gasteiger partial charge in [0.05, 0.1) is 0 Å². The number of hydrogen-bond acceptors (Lipinski definition) is 4. The van der Waals surface area contributed by atoms with E-state index in [1.807, 2.05) is 0 Å². The SMILES string of the molecule is CCN([O-])CCCN(C)[O-]. The summed E-state index contributed by atoms with van der Waals surface area (Å²) in [6.07, 6.45) is 0.650. The van der Waals surface area contributed by atoms with Crippen molar-refractivity contribution in [2.75, 3.05) is 26.7 Å². The van der Waals surface area contributed by atoms with E-state index in [9.17, 15) is 10.4 Å². The fourth-order valence-electron chi connectivity index (χ4n) is 0.628. The van der Waals surface area contributed by atoms with E-state index in [4.69, 9.17) is 0 Å². The van der Waals surface area contributed by atoms with Crippen LogP contribution in [0.3, 0.4) is 0 Å². The summed E-state index contributed by atoms with van der Waals surface area (Å²) >= 11 is 0. The predicted octanol–water partition coefficient (Wildman–Crippen LogP) is 0.626. The van der Waals surface area contributed by atoms with E-state index in [0.717, 1.165) is 10.1 Å². The third kappa shape index (κ3) is 5.97. The Bertz CT molecular complexity index is 78.1. The molecule has 0 N–H and O–H groups in total. The Hall–Kier alpha value is -0.160. The molecular formula is C6H14N2O2-2. The van der Waals surface area contributed by atoms with E-state index < -0.39 is 0 Å². The van der Waals surface area contributed by atoms with Crippen molar-refractivity contribution in [3.8, 4) is 0 Å². The minimum absolute atomic E-state index is 0.443. The zero-order valence-corrected chi connectivity index (χ0v) is 6.54. The molecule has 0 aromatic carbocycles. The molecule has 0 bridgehead atoms. The molecular weight excluding hydrogens is 132 g/mol. The van der Waals surface area contributed by atoms with Gasteiger partial charge in [-0.05, 0) is 33.1 Å². The lowest BCUT2D eigenvalue weighted by Gasteiger charge is -2.28. The smallest absolute Gasteiger partial charge is 0.0133 e. The molecule has 0 aromatic heterocycles. The minimum Gasteiger partial charge on any atom is -0.785 e. The van der Waals surface area contributed by atoms with Gasteiger partial charge in [-0.2, -0.15) is 0 Å². The Morgan fingerprint density at radius 3 is 2.20 bits per heavy atom. The molecule has 0 aliphatic carbocycles. The lowest BCUT2D eigenvalue weighted by atomic mass is 10.4. The van der Waals surface area contributed by atoms with Crippen LogP contribution < -0.4 is 0 Å².